The van der Waals surface area contributed by atoms with Crippen LogP contribution in [0.2, 0.25) is 12.1 Å². The van der Waals surface area contributed by atoms with Crippen LogP contribution in [0.15, 0.2) is 0 Å². The maximum absolute atomic E-state index is 5.95. The van der Waals surface area contributed by atoms with Gasteiger partial charge in [0, 0.05) is 12.2 Å². The van der Waals surface area contributed by atoms with Crippen molar-refractivity contribution in [1.82, 2.24) is 0 Å². The lowest BCUT2D eigenvalue weighted by molar-refractivity contribution is 0.201. The molecular weight excluding hydrogens is 268 g/mol. The van der Waals surface area contributed by atoms with Gasteiger partial charge in [0.25, 0.3) is 0 Å². The van der Waals surface area contributed by atoms with Gasteiger partial charge in [0.05, 0.1) is 0 Å². The van der Waals surface area contributed by atoms with Crippen molar-refractivity contribution in [1.29, 1.82) is 0 Å². The standard InChI is InChI=1S/C15H36O2Si2/c1-5-14(6-2)16-18-12-10-9-11-13-19-17-15(7-3)8-4/h14-15H,5-13,18-19H2,1-4H3. The molecule has 0 rings (SSSR count). The predicted octanol–water partition coefficient (Wildman–Crippen LogP) is 3.57. The summed E-state index contributed by atoms with van der Waals surface area (Å²) >= 11 is 0. The van der Waals surface area contributed by atoms with Gasteiger partial charge in [-0.3, -0.25) is 0 Å². The van der Waals surface area contributed by atoms with E-state index in [1.807, 2.05) is 0 Å². The van der Waals surface area contributed by atoms with Crippen molar-refractivity contribution in [2.45, 2.75) is 96.9 Å². The van der Waals surface area contributed by atoms with Crippen molar-refractivity contribution in [2.24, 2.45) is 0 Å². The van der Waals surface area contributed by atoms with Crippen LogP contribution in [0.1, 0.15) is 72.6 Å². The largest absolute Gasteiger partial charge is 0.421 e. The van der Waals surface area contributed by atoms with Crippen LogP contribution in [-0.2, 0) is 8.85 Å². The van der Waals surface area contributed by atoms with E-state index in [2.05, 4.69) is 27.7 Å². The van der Waals surface area contributed by atoms with Gasteiger partial charge in [-0.2, -0.15) is 0 Å². The van der Waals surface area contributed by atoms with Crippen molar-refractivity contribution in [3.05, 3.63) is 0 Å². The maximum atomic E-state index is 5.95. The fraction of sp³-hybridized carbons (Fsp3) is 1.00. The molecule has 0 saturated heterocycles. The van der Waals surface area contributed by atoms with Crippen LogP contribution >= 0.6 is 0 Å². The van der Waals surface area contributed by atoms with E-state index in [-0.39, 0.29) is 19.5 Å². The van der Waals surface area contributed by atoms with Gasteiger partial charge in [-0.05, 0) is 37.8 Å². The highest BCUT2D eigenvalue weighted by atomic mass is 28.2. The average Bonchev–Trinajstić information content (AvgIpc) is 2.45. The summed E-state index contributed by atoms with van der Waals surface area (Å²) < 4.78 is 11.9. The minimum atomic E-state index is -0.238. The molecule has 0 amide bonds. The zero-order valence-corrected chi connectivity index (χ0v) is 16.6. The highest BCUT2D eigenvalue weighted by Crippen LogP contribution is 2.08. The van der Waals surface area contributed by atoms with Gasteiger partial charge in [0.1, 0.15) is 0 Å². The molecule has 2 nitrogen and oxygen atoms in total. The van der Waals surface area contributed by atoms with Crippen molar-refractivity contribution in [3.8, 4) is 0 Å². The van der Waals surface area contributed by atoms with Crippen LogP contribution in [0.25, 0.3) is 0 Å². The van der Waals surface area contributed by atoms with Crippen molar-refractivity contribution in [3.63, 3.8) is 0 Å². The quantitative estimate of drug-likeness (QED) is 0.361. The molecule has 0 atom stereocenters. The first kappa shape index (κ1) is 19.4. The zero-order chi connectivity index (χ0) is 14.3. The molecule has 0 aromatic rings. The topological polar surface area (TPSA) is 18.5 Å². The summed E-state index contributed by atoms with van der Waals surface area (Å²) in [6, 6.07) is 2.73. The molecular formula is C15H36O2Si2. The summed E-state index contributed by atoms with van der Waals surface area (Å²) in [6.45, 7) is 8.92. The Hall–Kier alpha value is 0.354. The van der Waals surface area contributed by atoms with Crippen LogP contribution in [0.4, 0.5) is 0 Å². The Labute approximate surface area is 125 Å². The van der Waals surface area contributed by atoms with Crippen LogP contribution in [0.5, 0.6) is 0 Å². The molecule has 0 aliphatic heterocycles. The van der Waals surface area contributed by atoms with Gasteiger partial charge >= 0.3 is 0 Å². The smallest absolute Gasteiger partial charge is 0.161 e. The first-order chi connectivity index (χ1) is 9.28. The second-order valence-electron chi connectivity index (χ2n) is 5.39. The number of hydrogen-bond acceptors (Lipinski definition) is 2. The number of rotatable bonds is 14. The highest BCUT2D eigenvalue weighted by Gasteiger charge is 2.03. The van der Waals surface area contributed by atoms with E-state index in [9.17, 15) is 0 Å². The van der Waals surface area contributed by atoms with Crippen LogP contribution in [0.3, 0.4) is 0 Å². The van der Waals surface area contributed by atoms with E-state index in [1.165, 1.54) is 57.0 Å². The van der Waals surface area contributed by atoms with Crippen molar-refractivity contribution < 1.29 is 8.85 Å². The van der Waals surface area contributed by atoms with Crippen LogP contribution in [0, 0.1) is 0 Å². The third-order valence-corrected chi connectivity index (χ3v) is 6.81. The van der Waals surface area contributed by atoms with E-state index in [0.29, 0.717) is 12.2 Å². The molecule has 0 heterocycles. The van der Waals surface area contributed by atoms with Crippen molar-refractivity contribution >= 4 is 19.5 Å². The third-order valence-electron chi connectivity index (χ3n) is 3.82. The molecule has 19 heavy (non-hydrogen) atoms. The molecule has 0 saturated carbocycles. The Kier molecular flexibility index (Phi) is 15.0. The predicted molar refractivity (Wildman–Crippen MR) is 91.5 cm³/mol. The minimum Gasteiger partial charge on any atom is -0.421 e. The molecule has 0 aliphatic carbocycles. The second-order valence-corrected chi connectivity index (χ2v) is 8.28. The Bertz CT molecular complexity index is 154. The van der Waals surface area contributed by atoms with E-state index in [0.717, 1.165) is 0 Å². The Morgan fingerprint density at radius 1 is 0.632 bits per heavy atom. The fourth-order valence-electron chi connectivity index (χ4n) is 2.28. The Morgan fingerprint density at radius 3 is 1.32 bits per heavy atom. The number of unbranched alkanes of at least 4 members (excludes halogenated alkanes) is 2. The molecule has 4 heteroatoms. The summed E-state index contributed by atoms with van der Waals surface area (Å²) in [5, 5.41) is 0. The molecule has 0 N–H and O–H groups in total. The van der Waals surface area contributed by atoms with Crippen LogP contribution in [-0.4, -0.2) is 31.7 Å². The van der Waals surface area contributed by atoms with Crippen molar-refractivity contribution in [2.75, 3.05) is 0 Å². The van der Waals surface area contributed by atoms with Gasteiger partial charge < -0.3 is 8.85 Å². The molecule has 0 bridgehead atoms. The SMILES string of the molecule is CCC(CC)O[SiH2]CCCCC[SiH2]OC(CC)CC. The zero-order valence-electron chi connectivity index (χ0n) is 13.7. The Balaban J connectivity index is 3.19. The molecule has 0 aromatic heterocycles. The summed E-state index contributed by atoms with van der Waals surface area (Å²) in [5.41, 5.74) is 0. The third kappa shape index (κ3) is 11.8. The lowest BCUT2D eigenvalue weighted by Gasteiger charge is -2.14. The molecule has 0 radical (unpaired) electrons. The van der Waals surface area contributed by atoms with E-state index < -0.39 is 0 Å². The van der Waals surface area contributed by atoms with Crippen LogP contribution < -0.4 is 0 Å². The lowest BCUT2D eigenvalue weighted by Crippen LogP contribution is -2.13. The summed E-state index contributed by atoms with van der Waals surface area (Å²) in [4.78, 5) is 0. The second kappa shape index (κ2) is 14.8. The summed E-state index contributed by atoms with van der Waals surface area (Å²) in [6.07, 6.45) is 9.98. The lowest BCUT2D eigenvalue weighted by atomic mass is 10.2. The molecule has 116 valence electrons. The molecule has 0 aliphatic rings. The molecule has 0 fully saturated rings. The van der Waals surface area contributed by atoms with Gasteiger partial charge in [-0.15, -0.1) is 0 Å². The minimum absolute atomic E-state index is 0.238. The Morgan fingerprint density at radius 2 is 1.00 bits per heavy atom. The van der Waals surface area contributed by atoms with Gasteiger partial charge in [0.15, 0.2) is 19.5 Å². The number of hydrogen-bond donors (Lipinski definition) is 0. The first-order valence-electron chi connectivity index (χ1n) is 8.51. The summed E-state index contributed by atoms with van der Waals surface area (Å²) in [5.74, 6) is 0. The molecule has 0 spiro atoms. The van der Waals surface area contributed by atoms with Gasteiger partial charge in [0.2, 0.25) is 0 Å². The molecule has 0 aromatic carbocycles. The normalized spacial score (nSPS) is 12.9. The fourth-order valence-corrected chi connectivity index (χ4v) is 5.34. The monoisotopic (exact) mass is 304 g/mol. The maximum Gasteiger partial charge on any atom is 0.161 e. The average molecular weight is 305 g/mol. The first-order valence-corrected chi connectivity index (χ1v) is 11.7. The summed E-state index contributed by atoms with van der Waals surface area (Å²) in [7, 11) is -0.476. The van der Waals surface area contributed by atoms with E-state index >= 15 is 0 Å². The molecule has 0 unspecified atom stereocenters. The van der Waals surface area contributed by atoms with Gasteiger partial charge in [-0.25, -0.2) is 0 Å². The van der Waals surface area contributed by atoms with E-state index in [4.69, 9.17) is 8.85 Å². The highest BCUT2D eigenvalue weighted by molar-refractivity contribution is 6.27. The van der Waals surface area contributed by atoms with Gasteiger partial charge in [-0.1, -0.05) is 47.0 Å². The van der Waals surface area contributed by atoms with E-state index in [1.54, 1.807) is 0 Å².